The van der Waals surface area contributed by atoms with Crippen molar-refractivity contribution in [2.75, 3.05) is 6.54 Å². The second-order valence-corrected chi connectivity index (χ2v) is 5.67. The van der Waals surface area contributed by atoms with Gasteiger partial charge in [0.2, 0.25) is 0 Å². The monoisotopic (exact) mass is 322 g/mol. The number of hydrogen-bond acceptors (Lipinski definition) is 2. The molecular formula is C13H15BrN4O. The van der Waals surface area contributed by atoms with Crippen molar-refractivity contribution in [2.24, 2.45) is 0 Å². The Morgan fingerprint density at radius 1 is 1.58 bits per heavy atom. The number of rotatable bonds is 3. The van der Waals surface area contributed by atoms with Crippen molar-refractivity contribution in [1.29, 1.82) is 0 Å². The highest BCUT2D eigenvalue weighted by Crippen LogP contribution is 2.22. The zero-order chi connectivity index (χ0) is 13.2. The molecule has 19 heavy (non-hydrogen) atoms. The van der Waals surface area contributed by atoms with Crippen LogP contribution in [0.2, 0.25) is 0 Å². The lowest BCUT2D eigenvalue weighted by Crippen LogP contribution is -2.38. The number of hydrogen-bond donors (Lipinski definition) is 1. The van der Waals surface area contributed by atoms with Gasteiger partial charge in [0.25, 0.3) is 5.91 Å². The van der Waals surface area contributed by atoms with Crippen LogP contribution < -0.4 is 0 Å². The van der Waals surface area contributed by atoms with E-state index in [1.807, 2.05) is 27.9 Å². The normalized spacial score (nSPS) is 19.0. The van der Waals surface area contributed by atoms with Gasteiger partial charge >= 0.3 is 0 Å². The van der Waals surface area contributed by atoms with Gasteiger partial charge in [0.05, 0.1) is 12.6 Å². The molecule has 6 heteroatoms. The number of carbonyl (C=O) groups is 1. The lowest BCUT2D eigenvalue weighted by atomic mass is 10.2. The molecule has 1 fully saturated rings. The molecular weight excluding hydrogens is 308 g/mol. The van der Waals surface area contributed by atoms with Crippen molar-refractivity contribution >= 4 is 21.8 Å². The quantitative estimate of drug-likeness (QED) is 0.942. The van der Waals surface area contributed by atoms with E-state index in [4.69, 9.17) is 0 Å². The van der Waals surface area contributed by atoms with E-state index >= 15 is 0 Å². The maximum atomic E-state index is 12.4. The Balaban J connectivity index is 1.74. The van der Waals surface area contributed by atoms with Crippen LogP contribution in [-0.2, 0) is 6.54 Å². The van der Waals surface area contributed by atoms with Crippen molar-refractivity contribution in [3.8, 4) is 0 Å². The van der Waals surface area contributed by atoms with Gasteiger partial charge in [-0.2, -0.15) is 5.10 Å². The van der Waals surface area contributed by atoms with Gasteiger partial charge in [-0.15, -0.1) is 0 Å². The van der Waals surface area contributed by atoms with Gasteiger partial charge in [-0.25, -0.2) is 0 Å². The van der Waals surface area contributed by atoms with E-state index in [0.717, 1.165) is 30.4 Å². The van der Waals surface area contributed by atoms with E-state index in [9.17, 15) is 4.79 Å². The number of aromatic nitrogens is 3. The molecule has 0 spiro atoms. The predicted molar refractivity (Wildman–Crippen MR) is 74.8 cm³/mol. The van der Waals surface area contributed by atoms with Crippen molar-refractivity contribution in [3.63, 3.8) is 0 Å². The van der Waals surface area contributed by atoms with Gasteiger partial charge in [0.1, 0.15) is 5.69 Å². The topological polar surface area (TPSA) is 53.9 Å². The van der Waals surface area contributed by atoms with Gasteiger partial charge in [0, 0.05) is 29.6 Å². The van der Waals surface area contributed by atoms with Crippen LogP contribution in [0.5, 0.6) is 0 Å². The van der Waals surface area contributed by atoms with Crippen LogP contribution >= 0.6 is 15.9 Å². The number of carbonyl (C=O) groups excluding carboxylic acids is 1. The van der Waals surface area contributed by atoms with Crippen LogP contribution in [0.15, 0.2) is 35.2 Å². The molecule has 3 rings (SSSR count). The second kappa shape index (κ2) is 5.21. The first-order valence-corrected chi connectivity index (χ1v) is 7.15. The summed E-state index contributed by atoms with van der Waals surface area (Å²) in [6.45, 7) is 1.59. The fraction of sp³-hybridized carbons (Fsp3) is 0.385. The Morgan fingerprint density at radius 2 is 2.47 bits per heavy atom. The number of nitrogens with zero attached hydrogens (tertiary/aromatic N) is 3. The standard InChI is InChI=1S/C13H15BrN4O/c14-10-7-12(15-8-10)13(19)18-6-1-3-11(18)9-17-5-2-4-16-17/h2,4-5,7-8,11,15H,1,3,6,9H2/t11-/m0/s1. The highest BCUT2D eigenvalue weighted by atomic mass is 79.9. The molecule has 0 unspecified atom stereocenters. The van der Waals surface area contributed by atoms with Crippen molar-refractivity contribution in [3.05, 3.63) is 40.9 Å². The van der Waals surface area contributed by atoms with Crippen molar-refractivity contribution < 1.29 is 4.79 Å². The Bertz CT molecular complexity index is 563. The number of nitrogens with one attached hydrogen (secondary N) is 1. The Kier molecular flexibility index (Phi) is 3.42. The van der Waals surface area contributed by atoms with Crippen LogP contribution in [0.1, 0.15) is 23.3 Å². The van der Waals surface area contributed by atoms with E-state index in [1.165, 1.54) is 0 Å². The fourth-order valence-electron chi connectivity index (χ4n) is 2.56. The minimum atomic E-state index is 0.0698. The number of amides is 1. The summed E-state index contributed by atoms with van der Waals surface area (Å²) < 4.78 is 2.79. The summed E-state index contributed by atoms with van der Waals surface area (Å²) in [4.78, 5) is 17.4. The minimum Gasteiger partial charge on any atom is -0.356 e. The molecule has 1 amide bonds. The van der Waals surface area contributed by atoms with E-state index in [-0.39, 0.29) is 11.9 Å². The molecule has 1 N–H and O–H groups in total. The molecule has 5 nitrogen and oxygen atoms in total. The number of H-pyrrole nitrogens is 1. The molecule has 0 bridgehead atoms. The Hall–Kier alpha value is -1.56. The SMILES string of the molecule is O=C(c1cc(Br)c[nH]1)N1CCC[C@H]1Cn1cccn1. The molecule has 100 valence electrons. The van der Waals surface area contributed by atoms with Gasteiger partial charge in [0.15, 0.2) is 0 Å². The van der Waals surface area contributed by atoms with Crippen molar-refractivity contribution in [2.45, 2.75) is 25.4 Å². The molecule has 1 aliphatic heterocycles. The van der Waals surface area contributed by atoms with Crippen LogP contribution in [0.4, 0.5) is 0 Å². The average molecular weight is 323 g/mol. The lowest BCUT2D eigenvalue weighted by molar-refractivity contribution is 0.0716. The highest BCUT2D eigenvalue weighted by Gasteiger charge is 2.30. The van der Waals surface area contributed by atoms with Crippen LogP contribution in [-0.4, -0.2) is 38.2 Å². The third kappa shape index (κ3) is 2.58. The predicted octanol–water partition coefficient (Wildman–Crippen LogP) is 2.28. The smallest absolute Gasteiger partial charge is 0.270 e. The van der Waals surface area contributed by atoms with Crippen molar-refractivity contribution in [1.82, 2.24) is 19.7 Å². The molecule has 0 radical (unpaired) electrons. The average Bonchev–Trinajstić information content (AvgIpc) is 3.10. The van der Waals surface area contributed by atoms with Crippen LogP contribution in [0.3, 0.4) is 0 Å². The molecule has 0 aromatic carbocycles. The Morgan fingerprint density at radius 3 is 3.16 bits per heavy atom. The molecule has 1 saturated heterocycles. The second-order valence-electron chi connectivity index (χ2n) is 4.75. The Labute approximate surface area is 119 Å². The third-order valence-corrected chi connectivity index (χ3v) is 3.93. The molecule has 1 aliphatic rings. The van der Waals surface area contributed by atoms with E-state index in [0.29, 0.717) is 5.69 Å². The number of likely N-dealkylation sites (tertiary alicyclic amines) is 1. The number of halogens is 1. The summed E-state index contributed by atoms with van der Waals surface area (Å²) in [6.07, 6.45) is 7.58. The van der Waals surface area contributed by atoms with E-state index < -0.39 is 0 Å². The molecule has 1 atom stereocenters. The van der Waals surface area contributed by atoms with Crippen LogP contribution in [0, 0.1) is 0 Å². The first kappa shape index (κ1) is 12.5. The zero-order valence-electron chi connectivity index (χ0n) is 10.4. The molecule has 0 aliphatic carbocycles. The first-order chi connectivity index (χ1) is 9.24. The van der Waals surface area contributed by atoms with E-state index in [2.05, 4.69) is 26.0 Å². The highest BCUT2D eigenvalue weighted by molar-refractivity contribution is 9.10. The van der Waals surface area contributed by atoms with Gasteiger partial charge in [-0.1, -0.05) is 0 Å². The molecule has 2 aromatic rings. The van der Waals surface area contributed by atoms with Gasteiger partial charge in [-0.05, 0) is 40.9 Å². The molecule has 0 saturated carbocycles. The summed E-state index contributed by atoms with van der Waals surface area (Å²) in [5.41, 5.74) is 0.638. The summed E-state index contributed by atoms with van der Waals surface area (Å²) in [6, 6.07) is 3.96. The zero-order valence-corrected chi connectivity index (χ0v) is 12.0. The molecule has 2 aromatic heterocycles. The summed E-state index contributed by atoms with van der Waals surface area (Å²) in [5.74, 6) is 0.0698. The first-order valence-electron chi connectivity index (χ1n) is 6.36. The molecule has 3 heterocycles. The van der Waals surface area contributed by atoms with Crippen LogP contribution in [0.25, 0.3) is 0 Å². The summed E-state index contributed by atoms with van der Waals surface area (Å²) >= 11 is 3.36. The van der Waals surface area contributed by atoms with E-state index in [1.54, 1.807) is 12.4 Å². The summed E-state index contributed by atoms with van der Waals surface area (Å²) in [7, 11) is 0. The number of aromatic amines is 1. The maximum absolute atomic E-state index is 12.4. The fourth-order valence-corrected chi connectivity index (χ4v) is 2.91. The maximum Gasteiger partial charge on any atom is 0.270 e. The minimum absolute atomic E-state index is 0.0698. The largest absolute Gasteiger partial charge is 0.356 e. The third-order valence-electron chi connectivity index (χ3n) is 3.47. The summed E-state index contributed by atoms with van der Waals surface area (Å²) in [5, 5.41) is 4.21. The van der Waals surface area contributed by atoms with Gasteiger partial charge < -0.3 is 9.88 Å². The lowest BCUT2D eigenvalue weighted by Gasteiger charge is -2.24. The van der Waals surface area contributed by atoms with Gasteiger partial charge in [-0.3, -0.25) is 9.48 Å².